The fourth-order valence-electron chi connectivity index (χ4n) is 1.49. The van der Waals surface area contributed by atoms with E-state index in [1.54, 1.807) is 6.07 Å². The number of rotatable bonds is 4. The number of carbonyl (C=O) groups excluding carboxylic acids is 1. The molecule has 0 bridgehead atoms. The first-order valence-corrected chi connectivity index (χ1v) is 5.64. The van der Waals surface area contributed by atoms with Crippen LogP contribution in [0, 0.1) is 18.2 Å². The van der Waals surface area contributed by atoms with Gasteiger partial charge >= 0.3 is 0 Å². The van der Waals surface area contributed by atoms with Crippen molar-refractivity contribution in [2.75, 3.05) is 11.9 Å². The molecule has 4 heteroatoms. The predicted octanol–water partition coefficient (Wildman–Crippen LogP) is 2.45. The molecule has 0 aliphatic heterocycles. The molecule has 94 valence electrons. The van der Waals surface area contributed by atoms with Crippen LogP contribution in [-0.4, -0.2) is 12.5 Å². The summed E-state index contributed by atoms with van der Waals surface area (Å²) in [5.74, 6) is -0.501. The molecule has 0 saturated heterocycles. The number of benzene rings is 1. The van der Waals surface area contributed by atoms with Gasteiger partial charge in [0.25, 0.3) is 0 Å². The van der Waals surface area contributed by atoms with Crippen LogP contribution in [0.1, 0.15) is 25.8 Å². The van der Waals surface area contributed by atoms with Crippen molar-refractivity contribution < 1.29 is 9.18 Å². The highest BCUT2D eigenvalue weighted by atomic mass is 19.1. The van der Waals surface area contributed by atoms with Crippen LogP contribution in [0.5, 0.6) is 0 Å². The first-order chi connectivity index (χ1) is 7.86. The Bertz CT molecular complexity index is 416. The predicted molar refractivity (Wildman–Crippen MR) is 67.2 cm³/mol. The van der Waals surface area contributed by atoms with E-state index in [9.17, 15) is 9.18 Å². The molecule has 0 aromatic heterocycles. The highest BCUT2D eigenvalue weighted by Crippen LogP contribution is 2.24. The molecule has 0 radical (unpaired) electrons. The minimum absolute atomic E-state index is 0.142. The second-order valence-corrected chi connectivity index (χ2v) is 4.84. The summed E-state index contributed by atoms with van der Waals surface area (Å²) in [5.41, 5.74) is 6.26. The van der Waals surface area contributed by atoms with Gasteiger partial charge in [0.15, 0.2) is 0 Å². The third-order valence-corrected chi connectivity index (χ3v) is 2.83. The minimum Gasteiger partial charge on any atom is -0.330 e. The van der Waals surface area contributed by atoms with Crippen molar-refractivity contribution in [2.45, 2.75) is 27.2 Å². The van der Waals surface area contributed by atoms with E-state index in [1.165, 1.54) is 12.1 Å². The molecule has 1 aromatic carbocycles. The fourth-order valence-corrected chi connectivity index (χ4v) is 1.49. The van der Waals surface area contributed by atoms with Crippen molar-refractivity contribution in [3.05, 3.63) is 29.6 Å². The van der Waals surface area contributed by atoms with Gasteiger partial charge in [0, 0.05) is 11.1 Å². The third-order valence-electron chi connectivity index (χ3n) is 2.83. The average Bonchev–Trinajstić information content (AvgIpc) is 2.23. The zero-order valence-corrected chi connectivity index (χ0v) is 10.5. The molecular formula is C13H19FN2O. The van der Waals surface area contributed by atoms with Crippen molar-refractivity contribution in [2.24, 2.45) is 11.1 Å². The molecule has 3 nitrogen and oxygen atoms in total. The van der Waals surface area contributed by atoms with Gasteiger partial charge in [0.05, 0.1) is 0 Å². The molecule has 1 aromatic rings. The summed E-state index contributed by atoms with van der Waals surface area (Å²) in [6.07, 6.45) is 0.590. The van der Waals surface area contributed by atoms with E-state index in [0.29, 0.717) is 18.7 Å². The normalized spacial score (nSPS) is 11.4. The minimum atomic E-state index is -0.548. The van der Waals surface area contributed by atoms with Crippen LogP contribution in [0.4, 0.5) is 10.1 Å². The first-order valence-electron chi connectivity index (χ1n) is 5.64. The maximum atomic E-state index is 13.1. The van der Waals surface area contributed by atoms with Gasteiger partial charge in [-0.3, -0.25) is 4.79 Å². The molecule has 3 N–H and O–H groups in total. The molecule has 0 heterocycles. The fraction of sp³-hybridized carbons (Fsp3) is 0.462. The lowest BCUT2D eigenvalue weighted by atomic mass is 9.88. The van der Waals surface area contributed by atoms with E-state index >= 15 is 0 Å². The molecular weight excluding hydrogens is 219 g/mol. The van der Waals surface area contributed by atoms with Crippen molar-refractivity contribution in [3.8, 4) is 0 Å². The summed E-state index contributed by atoms with van der Waals surface area (Å²) >= 11 is 0. The molecule has 1 rings (SSSR count). The second kappa shape index (κ2) is 5.27. The lowest BCUT2D eigenvalue weighted by Crippen LogP contribution is -2.33. The molecule has 17 heavy (non-hydrogen) atoms. The Kier molecular flexibility index (Phi) is 4.23. The summed E-state index contributed by atoms with van der Waals surface area (Å²) < 4.78 is 13.1. The number of carbonyl (C=O) groups is 1. The standard InChI is InChI=1S/C13H19FN2O/c1-9-4-5-10(14)8-11(9)16-12(17)13(2,3)6-7-15/h4-5,8H,6-7,15H2,1-3H3,(H,16,17). The van der Waals surface area contributed by atoms with Crippen molar-refractivity contribution in [1.82, 2.24) is 0 Å². The highest BCUT2D eigenvalue weighted by molar-refractivity contribution is 5.95. The van der Waals surface area contributed by atoms with Crippen molar-refractivity contribution >= 4 is 11.6 Å². The van der Waals surface area contributed by atoms with Gasteiger partial charge in [-0.1, -0.05) is 19.9 Å². The lowest BCUT2D eigenvalue weighted by molar-refractivity contribution is -0.124. The van der Waals surface area contributed by atoms with Gasteiger partial charge in [-0.15, -0.1) is 0 Å². The van der Waals surface area contributed by atoms with Gasteiger partial charge < -0.3 is 11.1 Å². The van der Waals surface area contributed by atoms with E-state index in [2.05, 4.69) is 5.32 Å². The number of amides is 1. The number of nitrogens with one attached hydrogen (secondary N) is 1. The molecule has 0 spiro atoms. The molecule has 0 unspecified atom stereocenters. The average molecular weight is 238 g/mol. The molecule has 0 atom stereocenters. The smallest absolute Gasteiger partial charge is 0.230 e. The van der Waals surface area contributed by atoms with Crippen molar-refractivity contribution in [3.63, 3.8) is 0 Å². The van der Waals surface area contributed by atoms with Gasteiger partial charge in [-0.05, 0) is 37.6 Å². The maximum absolute atomic E-state index is 13.1. The molecule has 1 amide bonds. The van der Waals surface area contributed by atoms with Crippen LogP contribution in [0.25, 0.3) is 0 Å². The number of aryl methyl sites for hydroxylation is 1. The quantitative estimate of drug-likeness (QED) is 0.846. The van der Waals surface area contributed by atoms with Crippen LogP contribution < -0.4 is 11.1 Å². The third kappa shape index (κ3) is 3.53. The Morgan fingerprint density at radius 2 is 2.12 bits per heavy atom. The summed E-state index contributed by atoms with van der Waals surface area (Å²) in [7, 11) is 0. The van der Waals surface area contributed by atoms with Gasteiger partial charge in [0.2, 0.25) is 5.91 Å². The largest absolute Gasteiger partial charge is 0.330 e. The summed E-state index contributed by atoms with van der Waals surface area (Å²) in [6, 6.07) is 4.34. The van der Waals surface area contributed by atoms with Crippen LogP contribution >= 0.6 is 0 Å². The van der Waals surface area contributed by atoms with E-state index in [-0.39, 0.29) is 11.7 Å². The topological polar surface area (TPSA) is 55.1 Å². The number of nitrogens with two attached hydrogens (primary N) is 1. The SMILES string of the molecule is Cc1ccc(F)cc1NC(=O)C(C)(C)CCN. The lowest BCUT2D eigenvalue weighted by Gasteiger charge is -2.23. The van der Waals surface area contributed by atoms with Crippen LogP contribution in [0.15, 0.2) is 18.2 Å². The number of hydrogen-bond donors (Lipinski definition) is 2. The zero-order valence-electron chi connectivity index (χ0n) is 10.5. The maximum Gasteiger partial charge on any atom is 0.230 e. The van der Waals surface area contributed by atoms with E-state index in [1.807, 2.05) is 20.8 Å². The number of hydrogen-bond acceptors (Lipinski definition) is 2. The number of halogens is 1. The van der Waals surface area contributed by atoms with E-state index in [0.717, 1.165) is 5.56 Å². The Morgan fingerprint density at radius 3 is 2.71 bits per heavy atom. The van der Waals surface area contributed by atoms with Crippen LogP contribution in [0.3, 0.4) is 0 Å². The Morgan fingerprint density at radius 1 is 1.47 bits per heavy atom. The number of anilines is 1. The van der Waals surface area contributed by atoms with Crippen molar-refractivity contribution in [1.29, 1.82) is 0 Å². The molecule has 0 aliphatic rings. The van der Waals surface area contributed by atoms with Crippen LogP contribution in [-0.2, 0) is 4.79 Å². The molecule has 0 aliphatic carbocycles. The monoisotopic (exact) mass is 238 g/mol. The Hall–Kier alpha value is -1.42. The second-order valence-electron chi connectivity index (χ2n) is 4.84. The summed E-state index contributed by atoms with van der Waals surface area (Å²) in [4.78, 5) is 12.0. The Labute approximate surface area is 101 Å². The first kappa shape index (κ1) is 13.6. The Balaban J connectivity index is 2.84. The highest BCUT2D eigenvalue weighted by Gasteiger charge is 2.26. The summed E-state index contributed by atoms with van der Waals surface area (Å²) in [6.45, 7) is 5.92. The van der Waals surface area contributed by atoms with Gasteiger partial charge in [0.1, 0.15) is 5.82 Å². The molecule has 0 saturated carbocycles. The van der Waals surface area contributed by atoms with Crippen LogP contribution in [0.2, 0.25) is 0 Å². The summed E-state index contributed by atoms with van der Waals surface area (Å²) in [5, 5.41) is 2.74. The van der Waals surface area contributed by atoms with Gasteiger partial charge in [-0.25, -0.2) is 4.39 Å². The van der Waals surface area contributed by atoms with Gasteiger partial charge in [-0.2, -0.15) is 0 Å². The van der Waals surface area contributed by atoms with E-state index in [4.69, 9.17) is 5.73 Å². The molecule has 0 fully saturated rings. The van der Waals surface area contributed by atoms with E-state index < -0.39 is 5.41 Å². The zero-order chi connectivity index (χ0) is 13.1.